The molecule has 10 rings (SSSR count). The van der Waals surface area contributed by atoms with E-state index in [9.17, 15) is 0 Å². The van der Waals surface area contributed by atoms with Crippen LogP contribution in [0, 0.1) is 0 Å². The van der Waals surface area contributed by atoms with E-state index >= 15 is 0 Å². The summed E-state index contributed by atoms with van der Waals surface area (Å²) >= 11 is 1.90. The molecule has 10 aromatic rings. The van der Waals surface area contributed by atoms with E-state index in [0.29, 0.717) is 0 Å². The molecular formula is C48H30N2S. The third kappa shape index (κ3) is 5.10. The average Bonchev–Trinajstić information content (AvgIpc) is 3.62. The second-order valence-corrected chi connectivity index (χ2v) is 14.0. The Hall–Kier alpha value is -6.42. The smallest absolute Gasteiger partial charge is 0.160 e. The van der Waals surface area contributed by atoms with E-state index in [1.165, 1.54) is 58.4 Å². The van der Waals surface area contributed by atoms with Crippen LogP contribution in [-0.4, -0.2) is 9.97 Å². The molecule has 0 bridgehead atoms. The summed E-state index contributed by atoms with van der Waals surface area (Å²) < 4.78 is 2.66. The van der Waals surface area contributed by atoms with Crippen LogP contribution in [0.4, 0.5) is 0 Å². The van der Waals surface area contributed by atoms with Crippen molar-refractivity contribution in [3.05, 3.63) is 182 Å². The van der Waals surface area contributed by atoms with Gasteiger partial charge in [-0.15, -0.1) is 11.3 Å². The first-order chi connectivity index (χ1) is 25.3. The second-order valence-electron chi connectivity index (χ2n) is 12.9. The van der Waals surface area contributed by atoms with E-state index in [4.69, 9.17) is 9.97 Å². The molecule has 0 N–H and O–H groups in total. The van der Waals surface area contributed by atoms with Crippen molar-refractivity contribution in [3.8, 4) is 56.2 Å². The van der Waals surface area contributed by atoms with Crippen LogP contribution in [0.25, 0.3) is 97.9 Å². The minimum absolute atomic E-state index is 0.718. The van der Waals surface area contributed by atoms with Crippen molar-refractivity contribution in [2.24, 2.45) is 0 Å². The number of benzene rings is 8. The Labute approximate surface area is 300 Å². The first-order valence-electron chi connectivity index (χ1n) is 17.2. The maximum absolute atomic E-state index is 5.09. The fraction of sp³-hybridized carbons (Fsp3) is 0. The average molecular weight is 667 g/mol. The minimum Gasteiger partial charge on any atom is -0.228 e. The Bertz CT molecular complexity index is 2850. The monoisotopic (exact) mass is 666 g/mol. The molecule has 0 aliphatic heterocycles. The molecule has 2 nitrogen and oxygen atoms in total. The molecule has 51 heavy (non-hydrogen) atoms. The number of fused-ring (bicyclic) bond motifs is 8. The largest absolute Gasteiger partial charge is 0.228 e. The van der Waals surface area contributed by atoms with Gasteiger partial charge in [-0.3, -0.25) is 0 Å². The molecule has 0 fully saturated rings. The van der Waals surface area contributed by atoms with E-state index in [2.05, 4.69) is 158 Å². The number of aromatic nitrogens is 2. The van der Waals surface area contributed by atoms with Crippen molar-refractivity contribution in [1.29, 1.82) is 0 Å². The van der Waals surface area contributed by atoms with E-state index in [-0.39, 0.29) is 0 Å². The van der Waals surface area contributed by atoms with Crippen molar-refractivity contribution < 1.29 is 0 Å². The van der Waals surface area contributed by atoms with Gasteiger partial charge in [-0.05, 0) is 62.7 Å². The molecule has 0 unspecified atom stereocenters. The van der Waals surface area contributed by atoms with Gasteiger partial charge in [0.25, 0.3) is 0 Å². The molecule has 0 amide bonds. The van der Waals surface area contributed by atoms with Crippen LogP contribution in [-0.2, 0) is 0 Å². The summed E-state index contributed by atoms with van der Waals surface area (Å²) in [6, 6.07) is 64.8. The van der Waals surface area contributed by atoms with Crippen molar-refractivity contribution >= 4 is 53.1 Å². The van der Waals surface area contributed by atoms with Crippen LogP contribution in [0.1, 0.15) is 0 Å². The molecular weight excluding hydrogens is 637 g/mol. The summed E-state index contributed by atoms with van der Waals surface area (Å²) in [5.74, 6) is 0.718. The number of hydrogen-bond donors (Lipinski definition) is 0. The normalized spacial score (nSPS) is 11.5. The van der Waals surface area contributed by atoms with Crippen molar-refractivity contribution in [2.75, 3.05) is 0 Å². The molecule has 8 aromatic carbocycles. The quantitative estimate of drug-likeness (QED) is 0.171. The second kappa shape index (κ2) is 12.2. The highest BCUT2D eigenvalue weighted by Gasteiger charge is 2.18. The number of hydrogen-bond acceptors (Lipinski definition) is 3. The summed E-state index contributed by atoms with van der Waals surface area (Å²) in [7, 11) is 0. The van der Waals surface area contributed by atoms with Gasteiger partial charge in [0.15, 0.2) is 5.82 Å². The van der Waals surface area contributed by atoms with Gasteiger partial charge in [-0.2, -0.15) is 0 Å². The Kier molecular flexibility index (Phi) is 7.04. The fourth-order valence-electron chi connectivity index (χ4n) is 7.48. The summed E-state index contributed by atoms with van der Waals surface area (Å²) in [5, 5.41) is 7.91. The molecule has 0 spiro atoms. The molecule has 238 valence electrons. The Morgan fingerprint density at radius 1 is 0.333 bits per heavy atom. The highest BCUT2D eigenvalue weighted by molar-refractivity contribution is 7.27. The van der Waals surface area contributed by atoms with Crippen molar-refractivity contribution in [3.63, 3.8) is 0 Å². The van der Waals surface area contributed by atoms with Gasteiger partial charge in [-0.25, -0.2) is 9.97 Å². The van der Waals surface area contributed by atoms with Crippen LogP contribution in [0.5, 0.6) is 0 Å². The molecule has 0 saturated heterocycles. The van der Waals surface area contributed by atoms with Crippen LogP contribution >= 0.6 is 11.3 Å². The van der Waals surface area contributed by atoms with Crippen molar-refractivity contribution in [2.45, 2.75) is 0 Å². The summed E-state index contributed by atoms with van der Waals surface area (Å²) in [6.45, 7) is 0. The summed E-state index contributed by atoms with van der Waals surface area (Å²) in [5.41, 5.74) is 9.70. The van der Waals surface area contributed by atoms with E-state index in [0.717, 1.165) is 39.5 Å². The van der Waals surface area contributed by atoms with E-state index in [1.54, 1.807) is 0 Å². The van der Waals surface area contributed by atoms with Crippen LogP contribution in [0.15, 0.2) is 182 Å². The van der Waals surface area contributed by atoms with Crippen molar-refractivity contribution in [1.82, 2.24) is 9.97 Å². The third-order valence-corrected chi connectivity index (χ3v) is 11.1. The van der Waals surface area contributed by atoms with Gasteiger partial charge < -0.3 is 0 Å². The first-order valence-corrected chi connectivity index (χ1v) is 18.1. The van der Waals surface area contributed by atoms with Gasteiger partial charge in [-0.1, -0.05) is 158 Å². The number of thiophene rings is 1. The van der Waals surface area contributed by atoms with Crippen LogP contribution in [0.2, 0.25) is 0 Å². The van der Waals surface area contributed by atoms with Crippen LogP contribution in [0.3, 0.4) is 0 Å². The Morgan fingerprint density at radius 2 is 0.843 bits per heavy atom. The first kappa shape index (κ1) is 29.5. The Balaban J connectivity index is 1.12. The molecule has 2 heterocycles. The standard InChI is InChI=1S/C48H30N2S/c1-3-14-31(15-4-1)42-30-43(50-48(49-42)32-16-5-2-6-17-32)36-21-12-19-34(29-36)33-18-11-20-35(28-33)37-26-13-27-44-45(37)46-40-24-9-7-22-38(40)39-23-8-10-25-41(39)47(46)51-44/h1-30H. The van der Waals surface area contributed by atoms with Gasteiger partial charge in [0.1, 0.15) is 0 Å². The lowest BCUT2D eigenvalue weighted by atomic mass is 9.92. The SMILES string of the molecule is c1ccc(-c2cc(-c3cccc(-c4cccc(-c5cccc6sc7c8ccccc8c8ccccc8c7c56)c4)c3)nc(-c3ccccc3)n2)cc1. The van der Waals surface area contributed by atoms with Gasteiger partial charge in [0.05, 0.1) is 11.4 Å². The third-order valence-electron chi connectivity index (χ3n) is 9.87. The predicted molar refractivity (Wildman–Crippen MR) is 217 cm³/mol. The molecule has 0 aliphatic rings. The summed E-state index contributed by atoms with van der Waals surface area (Å²) in [4.78, 5) is 10.1. The molecule has 0 radical (unpaired) electrons. The number of nitrogens with zero attached hydrogens (tertiary/aromatic N) is 2. The van der Waals surface area contributed by atoms with Gasteiger partial charge in [0.2, 0.25) is 0 Å². The molecule has 0 saturated carbocycles. The zero-order valence-corrected chi connectivity index (χ0v) is 28.4. The van der Waals surface area contributed by atoms with Gasteiger partial charge in [0, 0.05) is 42.2 Å². The Morgan fingerprint density at radius 3 is 1.57 bits per heavy atom. The lowest BCUT2D eigenvalue weighted by Gasteiger charge is -2.12. The maximum atomic E-state index is 5.09. The van der Waals surface area contributed by atoms with E-state index < -0.39 is 0 Å². The summed E-state index contributed by atoms with van der Waals surface area (Å²) in [6.07, 6.45) is 0. The minimum atomic E-state index is 0.718. The molecule has 3 heteroatoms. The molecule has 2 aromatic heterocycles. The molecule has 0 aliphatic carbocycles. The zero-order chi connectivity index (χ0) is 33.7. The highest BCUT2D eigenvalue weighted by Crippen LogP contribution is 2.47. The zero-order valence-electron chi connectivity index (χ0n) is 27.6. The van der Waals surface area contributed by atoms with Crippen LogP contribution < -0.4 is 0 Å². The lowest BCUT2D eigenvalue weighted by Crippen LogP contribution is -1.96. The predicted octanol–water partition coefficient (Wildman–Crippen LogP) is 13.5. The number of rotatable bonds is 5. The maximum Gasteiger partial charge on any atom is 0.160 e. The topological polar surface area (TPSA) is 25.8 Å². The highest BCUT2D eigenvalue weighted by atomic mass is 32.1. The fourth-order valence-corrected chi connectivity index (χ4v) is 8.76. The van der Waals surface area contributed by atoms with Gasteiger partial charge >= 0.3 is 0 Å². The lowest BCUT2D eigenvalue weighted by molar-refractivity contribution is 1.18. The van der Waals surface area contributed by atoms with E-state index in [1.807, 2.05) is 35.6 Å². The molecule has 0 atom stereocenters.